The molecule has 1 aromatic heterocycles. The van der Waals surface area contributed by atoms with Gasteiger partial charge in [0.2, 0.25) is 15.0 Å². The summed E-state index contributed by atoms with van der Waals surface area (Å²) in [6.45, 7) is 0.169. The predicted molar refractivity (Wildman–Crippen MR) is 99.3 cm³/mol. The molecule has 0 radical (unpaired) electrons. The van der Waals surface area contributed by atoms with Gasteiger partial charge in [0, 0.05) is 36.4 Å². The fourth-order valence-electron chi connectivity index (χ4n) is 2.49. The first-order chi connectivity index (χ1) is 12.8. The molecule has 9 heteroatoms. The largest absolute Gasteiger partial charge is 0.348 e. The molecule has 1 heterocycles. The molecule has 6 nitrogen and oxygen atoms in total. The van der Waals surface area contributed by atoms with Crippen molar-refractivity contribution in [2.75, 3.05) is 6.26 Å². The van der Waals surface area contributed by atoms with E-state index in [0.29, 0.717) is 16.8 Å². The molecule has 0 saturated carbocycles. The van der Waals surface area contributed by atoms with E-state index in [1.165, 1.54) is 35.2 Å². The number of aromatic nitrogens is 2. The summed E-state index contributed by atoms with van der Waals surface area (Å²) in [5.74, 6) is -0.889. The molecule has 1 amide bonds. The Labute approximate surface area is 160 Å². The molecular weight excluding hydrogens is 393 g/mol. The summed E-state index contributed by atoms with van der Waals surface area (Å²) in [6.07, 6.45) is 3.95. The molecule has 0 aliphatic heterocycles. The van der Waals surface area contributed by atoms with E-state index in [0.717, 1.165) is 6.26 Å². The second-order valence-corrected chi connectivity index (χ2v) is 8.15. The van der Waals surface area contributed by atoms with Gasteiger partial charge < -0.3 is 5.32 Å². The van der Waals surface area contributed by atoms with Gasteiger partial charge in [-0.05, 0) is 35.9 Å². The van der Waals surface area contributed by atoms with Crippen LogP contribution in [0.5, 0.6) is 0 Å². The van der Waals surface area contributed by atoms with Crippen molar-refractivity contribution in [2.24, 2.45) is 0 Å². The molecule has 0 unspecified atom stereocenters. The summed E-state index contributed by atoms with van der Waals surface area (Å²) in [5, 5.41) is 2.59. The first kappa shape index (κ1) is 19.1. The van der Waals surface area contributed by atoms with Crippen molar-refractivity contribution in [1.29, 1.82) is 0 Å². The third-order valence-corrected chi connectivity index (χ3v) is 5.02. The zero-order valence-electron chi connectivity index (χ0n) is 14.2. The van der Waals surface area contributed by atoms with E-state index in [1.807, 2.05) is 0 Å². The van der Waals surface area contributed by atoms with Crippen molar-refractivity contribution in [3.8, 4) is 5.69 Å². The number of hydrogen-bond acceptors (Lipinski definition) is 4. The van der Waals surface area contributed by atoms with Gasteiger partial charge in [-0.15, -0.1) is 0 Å². The van der Waals surface area contributed by atoms with Crippen LogP contribution >= 0.6 is 11.6 Å². The van der Waals surface area contributed by atoms with Gasteiger partial charge in [-0.2, -0.15) is 0 Å². The Kier molecular flexibility index (Phi) is 5.29. The van der Waals surface area contributed by atoms with Gasteiger partial charge in [0.25, 0.3) is 5.91 Å². The van der Waals surface area contributed by atoms with E-state index in [-0.39, 0.29) is 22.6 Å². The lowest BCUT2D eigenvalue weighted by Gasteiger charge is -2.10. The zero-order valence-corrected chi connectivity index (χ0v) is 15.8. The third-order valence-electron chi connectivity index (χ3n) is 3.76. The number of imidazole rings is 1. The van der Waals surface area contributed by atoms with Crippen LogP contribution in [0.3, 0.4) is 0 Å². The molecule has 0 atom stereocenters. The van der Waals surface area contributed by atoms with Gasteiger partial charge in [0.15, 0.2) is 0 Å². The van der Waals surface area contributed by atoms with Gasteiger partial charge in [-0.1, -0.05) is 23.7 Å². The summed E-state index contributed by atoms with van der Waals surface area (Å²) in [7, 11) is -3.52. The van der Waals surface area contributed by atoms with Crippen LogP contribution < -0.4 is 5.32 Å². The Balaban J connectivity index is 1.80. The smallest absolute Gasteiger partial charge is 0.251 e. The minimum absolute atomic E-state index is 0.0165. The highest BCUT2D eigenvalue weighted by molar-refractivity contribution is 7.90. The number of amides is 1. The van der Waals surface area contributed by atoms with Crippen LogP contribution in [0, 0.1) is 5.82 Å². The van der Waals surface area contributed by atoms with Crippen LogP contribution in [0.1, 0.15) is 15.9 Å². The number of nitrogens with zero attached hydrogens (tertiary/aromatic N) is 2. The van der Waals surface area contributed by atoms with Crippen LogP contribution in [0.15, 0.2) is 60.0 Å². The number of rotatable bonds is 5. The number of benzene rings is 2. The molecule has 0 saturated heterocycles. The SMILES string of the molecule is CS(=O)(=O)c1nccn1-c1cccc(C(=O)NCc2ccc(F)c(Cl)c2)c1. The summed E-state index contributed by atoms with van der Waals surface area (Å²) >= 11 is 5.73. The lowest BCUT2D eigenvalue weighted by molar-refractivity contribution is 0.0951. The maximum absolute atomic E-state index is 13.2. The normalized spacial score (nSPS) is 11.4. The first-order valence-corrected chi connectivity index (χ1v) is 10.1. The van der Waals surface area contributed by atoms with Crippen LogP contribution in [0.25, 0.3) is 5.69 Å². The summed E-state index contributed by atoms with van der Waals surface area (Å²) < 4.78 is 38.2. The fraction of sp³-hybridized carbons (Fsp3) is 0.111. The van der Waals surface area contributed by atoms with Gasteiger partial charge in [-0.25, -0.2) is 17.8 Å². The monoisotopic (exact) mass is 407 g/mol. The maximum Gasteiger partial charge on any atom is 0.251 e. The molecule has 3 rings (SSSR count). The molecule has 0 aliphatic carbocycles. The highest BCUT2D eigenvalue weighted by Gasteiger charge is 2.16. The molecular formula is C18H15ClFN3O3S. The van der Waals surface area contributed by atoms with Crippen LogP contribution in [-0.2, 0) is 16.4 Å². The molecule has 2 aromatic carbocycles. The Hall–Kier alpha value is -2.71. The maximum atomic E-state index is 13.2. The summed E-state index contributed by atoms with van der Waals surface area (Å²) in [4.78, 5) is 16.3. The van der Waals surface area contributed by atoms with Crippen molar-refractivity contribution in [3.05, 3.63) is 76.8 Å². The Morgan fingerprint density at radius 2 is 2.04 bits per heavy atom. The number of hydrogen-bond donors (Lipinski definition) is 1. The van der Waals surface area contributed by atoms with E-state index >= 15 is 0 Å². The standard InChI is InChI=1S/C18H15ClFN3O3S/c1-27(25,26)18-21-7-8-23(18)14-4-2-3-13(10-14)17(24)22-11-12-5-6-16(20)15(19)9-12/h2-10H,11H2,1H3,(H,22,24). The Morgan fingerprint density at radius 1 is 1.26 bits per heavy atom. The number of sulfone groups is 1. The van der Waals surface area contributed by atoms with Gasteiger partial charge in [-0.3, -0.25) is 9.36 Å². The second-order valence-electron chi connectivity index (χ2n) is 5.83. The Morgan fingerprint density at radius 3 is 2.74 bits per heavy atom. The summed E-state index contributed by atoms with van der Waals surface area (Å²) in [5.41, 5.74) is 1.49. The molecule has 0 aliphatic rings. The molecule has 0 bridgehead atoms. The molecule has 0 fully saturated rings. The average molecular weight is 408 g/mol. The lowest BCUT2D eigenvalue weighted by Crippen LogP contribution is -2.23. The number of carbonyl (C=O) groups excluding carboxylic acids is 1. The van der Waals surface area contributed by atoms with Crippen LogP contribution in [-0.4, -0.2) is 30.1 Å². The van der Waals surface area contributed by atoms with E-state index in [2.05, 4.69) is 10.3 Å². The summed E-state index contributed by atoms with van der Waals surface area (Å²) in [6, 6.07) is 10.7. The topological polar surface area (TPSA) is 81.1 Å². The van der Waals surface area contributed by atoms with Crippen LogP contribution in [0.4, 0.5) is 4.39 Å². The zero-order chi connectivity index (χ0) is 19.6. The van der Waals surface area contributed by atoms with Gasteiger partial charge in [0.05, 0.1) is 5.02 Å². The Bertz CT molecular complexity index is 1110. The van der Waals surface area contributed by atoms with Crippen LogP contribution in [0.2, 0.25) is 5.02 Å². The quantitative estimate of drug-likeness (QED) is 0.705. The minimum atomic E-state index is -3.52. The van der Waals surface area contributed by atoms with Gasteiger partial charge >= 0.3 is 0 Å². The minimum Gasteiger partial charge on any atom is -0.348 e. The average Bonchev–Trinajstić information content (AvgIpc) is 3.13. The van der Waals surface area contributed by atoms with E-state index in [4.69, 9.17) is 11.6 Å². The molecule has 1 N–H and O–H groups in total. The molecule has 3 aromatic rings. The lowest BCUT2D eigenvalue weighted by atomic mass is 10.1. The van der Waals surface area contributed by atoms with Crippen molar-refractivity contribution in [2.45, 2.75) is 11.7 Å². The van der Waals surface area contributed by atoms with Crippen molar-refractivity contribution in [1.82, 2.24) is 14.9 Å². The van der Waals surface area contributed by atoms with E-state index < -0.39 is 15.7 Å². The highest BCUT2D eigenvalue weighted by atomic mass is 35.5. The fourth-order valence-corrected chi connectivity index (χ4v) is 3.47. The predicted octanol–water partition coefficient (Wildman–Crippen LogP) is 3.00. The van der Waals surface area contributed by atoms with Crippen molar-refractivity contribution >= 4 is 27.3 Å². The number of halogens is 2. The first-order valence-electron chi connectivity index (χ1n) is 7.81. The number of carbonyl (C=O) groups is 1. The number of nitrogens with one attached hydrogen (secondary N) is 1. The second kappa shape index (κ2) is 7.50. The molecule has 27 heavy (non-hydrogen) atoms. The highest BCUT2D eigenvalue weighted by Crippen LogP contribution is 2.18. The van der Waals surface area contributed by atoms with Gasteiger partial charge in [0.1, 0.15) is 5.82 Å². The van der Waals surface area contributed by atoms with E-state index in [9.17, 15) is 17.6 Å². The molecule has 0 spiro atoms. The van der Waals surface area contributed by atoms with E-state index in [1.54, 1.807) is 24.3 Å². The molecule has 140 valence electrons. The third kappa shape index (κ3) is 4.35. The van der Waals surface area contributed by atoms with Crippen molar-refractivity contribution in [3.63, 3.8) is 0 Å². The van der Waals surface area contributed by atoms with Crippen molar-refractivity contribution < 1.29 is 17.6 Å².